The minimum Gasteiger partial charge on any atom is -0.479 e. The Morgan fingerprint density at radius 3 is 2.77 bits per heavy atom. The molecule has 26 heavy (non-hydrogen) atoms. The Hall–Kier alpha value is -2.44. The molecule has 0 saturated heterocycles. The molecule has 2 amide bonds. The second kappa shape index (κ2) is 7.43. The number of halogens is 2. The molecule has 0 aliphatic carbocycles. The number of nitrogens with one attached hydrogen (secondary N) is 3. The number of ether oxygens (including phenoxy) is 1. The zero-order chi connectivity index (χ0) is 18.8. The molecule has 0 saturated carbocycles. The van der Waals surface area contributed by atoms with Crippen molar-refractivity contribution in [2.45, 2.75) is 26.0 Å². The molecule has 2 aromatic rings. The first-order valence-electron chi connectivity index (χ1n) is 7.97. The summed E-state index contributed by atoms with van der Waals surface area (Å²) in [7, 11) is 0. The number of hydrogen-bond acceptors (Lipinski definition) is 4. The quantitative estimate of drug-likeness (QED) is 0.728. The van der Waals surface area contributed by atoms with Crippen molar-refractivity contribution in [2.75, 3.05) is 16.0 Å². The lowest BCUT2D eigenvalue weighted by Crippen LogP contribution is -2.34. The SMILES string of the molecule is CC(Nc1ccc2c(c1)NC(=O)C(C)O2)C(=O)Nc1cc(Cl)ccc1Cl. The third-order valence-corrected chi connectivity index (χ3v) is 4.44. The third kappa shape index (κ3) is 4.03. The fourth-order valence-electron chi connectivity index (χ4n) is 2.45. The standard InChI is InChI=1S/C18H17Cl2N3O3/c1-9(17(24)22-14-7-11(19)3-5-13(14)20)21-12-4-6-16-15(8-12)23-18(25)10(2)26-16/h3-10,21H,1-2H3,(H,22,24)(H,23,25). The second-order valence-corrected chi connectivity index (χ2v) is 6.78. The summed E-state index contributed by atoms with van der Waals surface area (Å²) in [6.07, 6.45) is -0.534. The number of anilines is 3. The topological polar surface area (TPSA) is 79.5 Å². The van der Waals surface area contributed by atoms with E-state index in [0.29, 0.717) is 32.9 Å². The van der Waals surface area contributed by atoms with Gasteiger partial charge in [0.2, 0.25) is 5.91 Å². The number of fused-ring (bicyclic) bond motifs is 1. The van der Waals surface area contributed by atoms with Crippen LogP contribution in [-0.2, 0) is 9.59 Å². The van der Waals surface area contributed by atoms with Gasteiger partial charge in [0.1, 0.15) is 11.8 Å². The zero-order valence-corrected chi connectivity index (χ0v) is 15.6. The summed E-state index contributed by atoms with van der Waals surface area (Å²) in [5.74, 6) is 0.0994. The van der Waals surface area contributed by atoms with Gasteiger partial charge in [0.15, 0.2) is 6.10 Å². The molecule has 1 aliphatic rings. The molecule has 6 nitrogen and oxygen atoms in total. The Morgan fingerprint density at radius 1 is 1.23 bits per heavy atom. The Balaban J connectivity index is 1.69. The molecule has 136 valence electrons. The normalized spacial score (nSPS) is 16.8. The van der Waals surface area contributed by atoms with Crippen LogP contribution in [0.25, 0.3) is 0 Å². The summed E-state index contributed by atoms with van der Waals surface area (Å²) in [5.41, 5.74) is 1.67. The van der Waals surface area contributed by atoms with Crippen molar-refractivity contribution in [3.63, 3.8) is 0 Å². The van der Waals surface area contributed by atoms with Crippen molar-refractivity contribution in [1.29, 1.82) is 0 Å². The van der Waals surface area contributed by atoms with Crippen LogP contribution in [0, 0.1) is 0 Å². The molecule has 3 N–H and O–H groups in total. The van der Waals surface area contributed by atoms with Crippen LogP contribution in [0.1, 0.15) is 13.8 Å². The number of carbonyl (C=O) groups is 2. The van der Waals surface area contributed by atoms with E-state index in [1.807, 2.05) is 0 Å². The van der Waals surface area contributed by atoms with Crippen molar-refractivity contribution < 1.29 is 14.3 Å². The maximum absolute atomic E-state index is 12.4. The Kier molecular flexibility index (Phi) is 5.25. The van der Waals surface area contributed by atoms with Crippen LogP contribution >= 0.6 is 23.2 Å². The lowest BCUT2D eigenvalue weighted by atomic mass is 10.2. The van der Waals surface area contributed by atoms with Gasteiger partial charge in [-0.15, -0.1) is 0 Å². The van der Waals surface area contributed by atoms with Gasteiger partial charge in [-0.2, -0.15) is 0 Å². The van der Waals surface area contributed by atoms with Crippen LogP contribution in [0.5, 0.6) is 5.75 Å². The van der Waals surface area contributed by atoms with Gasteiger partial charge in [0.05, 0.1) is 16.4 Å². The average Bonchev–Trinajstić information content (AvgIpc) is 2.59. The van der Waals surface area contributed by atoms with E-state index in [2.05, 4.69) is 16.0 Å². The Labute approximate surface area is 160 Å². The van der Waals surface area contributed by atoms with Gasteiger partial charge in [-0.3, -0.25) is 9.59 Å². The first kappa shape index (κ1) is 18.4. The highest BCUT2D eigenvalue weighted by Crippen LogP contribution is 2.32. The number of hydrogen-bond donors (Lipinski definition) is 3. The van der Waals surface area contributed by atoms with Gasteiger partial charge in [-0.1, -0.05) is 23.2 Å². The van der Waals surface area contributed by atoms with Crippen molar-refractivity contribution >= 4 is 52.1 Å². The van der Waals surface area contributed by atoms with E-state index in [4.69, 9.17) is 27.9 Å². The number of benzene rings is 2. The number of amides is 2. The second-order valence-electron chi connectivity index (χ2n) is 5.94. The summed E-state index contributed by atoms with van der Waals surface area (Å²) >= 11 is 12.0. The maximum atomic E-state index is 12.4. The Morgan fingerprint density at radius 2 is 2.00 bits per heavy atom. The molecule has 2 unspecified atom stereocenters. The van der Waals surface area contributed by atoms with E-state index in [1.54, 1.807) is 50.2 Å². The summed E-state index contributed by atoms with van der Waals surface area (Å²) in [6.45, 7) is 3.39. The zero-order valence-electron chi connectivity index (χ0n) is 14.1. The summed E-state index contributed by atoms with van der Waals surface area (Å²) in [6, 6.07) is 9.53. The molecule has 2 aromatic carbocycles. The van der Waals surface area contributed by atoms with Crippen LogP contribution in [0.3, 0.4) is 0 Å². The molecule has 0 spiro atoms. The van der Waals surface area contributed by atoms with Crippen LogP contribution in [0.15, 0.2) is 36.4 Å². The summed E-state index contributed by atoms with van der Waals surface area (Å²) < 4.78 is 5.51. The number of carbonyl (C=O) groups excluding carboxylic acids is 2. The average molecular weight is 394 g/mol. The molecule has 8 heteroatoms. The number of rotatable bonds is 4. The molecule has 0 radical (unpaired) electrons. The highest BCUT2D eigenvalue weighted by molar-refractivity contribution is 6.35. The lowest BCUT2D eigenvalue weighted by molar-refractivity contribution is -0.122. The van der Waals surface area contributed by atoms with Crippen molar-refractivity contribution in [3.8, 4) is 5.75 Å². The molecule has 2 atom stereocenters. The fourth-order valence-corrected chi connectivity index (χ4v) is 2.79. The maximum Gasteiger partial charge on any atom is 0.265 e. The van der Waals surface area contributed by atoms with E-state index >= 15 is 0 Å². The molecular weight excluding hydrogens is 377 g/mol. The first-order valence-corrected chi connectivity index (χ1v) is 8.73. The third-order valence-electron chi connectivity index (χ3n) is 3.87. The van der Waals surface area contributed by atoms with Crippen molar-refractivity contribution in [2.24, 2.45) is 0 Å². The van der Waals surface area contributed by atoms with Gasteiger partial charge in [-0.25, -0.2) is 0 Å². The van der Waals surface area contributed by atoms with E-state index < -0.39 is 12.1 Å². The lowest BCUT2D eigenvalue weighted by Gasteiger charge is -2.24. The van der Waals surface area contributed by atoms with Crippen LogP contribution in [0.2, 0.25) is 10.0 Å². The first-order chi connectivity index (χ1) is 12.3. The molecule has 0 bridgehead atoms. The molecule has 0 fully saturated rings. The monoisotopic (exact) mass is 393 g/mol. The molecule has 1 heterocycles. The van der Waals surface area contributed by atoms with E-state index in [1.165, 1.54) is 0 Å². The smallest absolute Gasteiger partial charge is 0.265 e. The van der Waals surface area contributed by atoms with Crippen LogP contribution < -0.4 is 20.7 Å². The minimum absolute atomic E-state index is 0.212. The van der Waals surface area contributed by atoms with E-state index in [0.717, 1.165) is 0 Å². The molecule has 3 rings (SSSR count). The van der Waals surface area contributed by atoms with Gasteiger partial charge in [0.25, 0.3) is 5.91 Å². The van der Waals surface area contributed by atoms with Gasteiger partial charge in [-0.05, 0) is 50.2 Å². The molecular formula is C18H17Cl2N3O3. The molecule has 0 aromatic heterocycles. The molecule has 1 aliphatic heterocycles. The minimum atomic E-state index is -0.553. The van der Waals surface area contributed by atoms with Crippen molar-refractivity contribution in [1.82, 2.24) is 0 Å². The highest BCUT2D eigenvalue weighted by Gasteiger charge is 2.24. The van der Waals surface area contributed by atoms with Crippen LogP contribution in [-0.4, -0.2) is 24.0 Å². The summed E-state index contributed by atoms with van der Waals surface area (Å²) in [4.78, 5) is 24.1. The van der Waals surface area contributed by atoms with Crippen molar-refractivity contribution in [3.05, 3.63) is 46.4 Å². The predicted molar refractivity (Wildman–Crippen MR) is 103 cm³/mol. The van der Waals surface area contributed by atoms with Gasteiger partial charge < -0.3 is 20.7 Å². The summed E-state index contributed by atoms with van der Waals surface area (Å²) in [5, 5.41) is 9.46. The highest BCUT2D eigenvalue weighted by atomic mass is 35.5. The predicted octanol–water partition coefficient (Wildman–Crippen LogP) is 4.15. The fraction of sp³-hybridized carbons (Fsp3) is 0.222. The largest absolute Gasteiger partial charge is 0.479 e. The van der Waals surface area contributed by atoms with E-state index in [9.17, 15) is 9.59 Å². The Bertz CT molecular complexity index is 873. The van der Waals surface area contributed by atoms with E-state index in [-0.39, 0.29) is 11.8 Å². The van der Waals surface area contributed by atoms with Gasteiger partial charge in [0, 0.05) is 10.7 Å². The van der Waals surface area contributed by atoms with Gasteiger partial charge >= 0.3 is 0 Å². The van der Waals surface area contributed by atoms with Crippen LogP contribution in [0.4, 0.5) is 17.1 Å².